The number of carbonyl (C=O) groups is 1. The molecule has 1 fully saturated rings. The molecule has 0 unspecified atom stereocenters. The van der Waals surface area contributed by atoms with Gasteiger partial charge in [-0.3, -0.25) is 4.79 Å². The largest absolute Gasteiger partial charge is 0.497 e. The maximum absolute atomic E-state index is 12.7. The van der Waals surface area contributed by atoms with E-state index in [4.69, 9.17) is 16.3 Å². The summed E-state index contributed by atoms with van der Waals surface area (Å²) >= 11 is 6.00. The molecule has 1 atom stereocenters. The Morgan fingerprint density at radius 2 is 2.04 bits per heavy atom. The van der Waals surface area contributed by atoms with Crippen molar-refractivity contribution in [3.63, 3.8) is 0 Å². The van der Waals surface area contributed by atoms with Crippen LogP contribution in [0.25, 0.3) is 0 Å². The van der Waals surface area contributed by atoms with Gasteiger partial charge in [-0.15, -0.1) is 0 Å². The highest BCUT2D eigenvalue weighted by molar-refractivity contribution is 6.30. The first-order valence-electron chi connectivity index (χ1n) is 7.85. The molecule has 0 saturated carbocycles. The van der Waals surface area contributed by atoms with Gasteiger partial charge in [0, 0.05) is 11.6 Å². The highest BCUT2D eigenvalue weighted by Crippen LogP contribution is 2.33. The second-order valence-electron chi connectivity index (χ2n) is 5.83. The summed E-state index contributed by atoms with van der Waals surface area (Å²) < 4.78 is 5.20. The predicted octanol–water partition coefficient (Wildman–Crippen LogP) is 4.25. The Balaban J connectivity index is 1.73. The van der Waals surface area contributed by atoms with E-state index in [1.165, 1.54) is 5.56 Å². The Morgan fingerprint density at radius 1 is 1.26 bits per heavy atom. The van der Waals surface area contributed by atoms with E-state index in [0.717, 1.165) is 30.7 Å². The van der Waals surface area contributed by atoms with Crippen LogP contribution in [-0.4, -0.2) is 24.5 Å². The molecule has 0 bridgehead atoms. The lowest BCUT2D eigenvalue weighted by Gasteiger charge is -2.25. The van der Waals surface area contributed by atoms with E-state index >= 15 is 0 Å². The monoisotopic (exact) mass is 329 g/mol. The Bertz CT molecular complexity index is 684. The summed E-state index contributed by atoms with van der Waals surface area (Å²) in [5.74, 6) is 0.995. The standard InChI is InChI=1S/C19H20ClNO2/c1-23-17-9-7-15(8-10-17)18-6-3-11-21(18)19(22)13-14-4-2-5-16(20)12-14/h2,4-5,7-10,12,18H,3,6,11,13H2,1H3/t18-/m0/s1. The molecule has 0 radical (unpaired) electrons. The lowest BCUT2D eigenvalue weighted by atomic mass is 10.0. The first-order valence-corrected chi connectivity index (χ1v) is 8.23. The molecule has 3 rings (SSSR count). The van der Waals surface area contributed by atoms with Gasteiger partial charge in [-0.1, -0.05) is 35.9 Å². The van der Waals surface area contributed by atoms with Crippen LogP contribution in [0.5, 0.6) is 5.75 Å². The Labute approximate surface area is 141 Å². The van der Waals surface area contributed by atoms with Crippen molar-refractivity contribution in [2.24, 2.45) is 0 Å². The van der Waals surface area contributed by atoms with Crippen LogP contribution in [0.1, 0.15) is 30.0 Å². The topological polar surface area (TPSA) is 29.5 Å². The van der Waals surface area contributed by atoms with Gasteiger partial charge < -0.3 is 9.64 Å². The molecule has 1 saturated heterocycles. The van der Waals surface area contributed by atoms with Gasteiger partial charge in [-0.25, -0.2) is 0 Å². The Morgan fingerprint density at radius 3 is 2.74 bits per heavy atom. The van der Waals surface area contributed by atoms with E-state index in [9.17, 15) is 4.79 Å². The van der Waals surface area contributed by atoms with Crippen LogP contribution in [0.4, 0.5) is 0 Å². The van der Waals surface area contributed by atoms with Gasteiger partial charge in [0.1, 0.15) is 5.75 Å². The fourth-order valence-electron chi connectivity index (χ4n) is 3.16. The summed E-state index contributed by atoms with van der Waals surface area (Å²) in [6, 6.07) is 15.7. The fourth-order valence-corrected chi connectivity index (χ4v) is 3.37. The number of hydrogen-bond acceptors (Lipinski definition) is 2. The van der Waals surface area contributed by atoms with E-state index in [1.54, 1.807) is 7.11 Å². The second kappa shape index (κ2) is 7.05. The molecule has 1 amide bonds. The molecule has 2 aromatic carbocycles. The summed E-state index contributed by atoms with van der Waals surface area (Å²) in [4.78, 5) is 14.7. The maximum Gasteiger partial charge on any atom is 0.227 e. The molecule has 1 heterocycles. The molecular formula is C19H20ClNO2. The number of benzene rings is 2. The van der Waals surface area contributed by atoms with Gasteiger partial charge in [0.15, 0.2) is 0 Å². The van der Waals surface area contributed by atoms with Gasteiger partial charge in [0.05, 0.1) is 19.6 Å². The summed E-state index contributed by atoms with van der Waals surface area (Å²) in [6.45, 7) is 0.816. The van der Waals surface area contributed by atoms with Gasteiger partial charge in [0.2, 0.25) is 5.91 Å². The Kier molecular flexibility index (Phi) is 4.87. The molecule has 120 valence electrons. The van der Waals surface area contributed by atoms with Crippen molar-refractivity contribution in [3.8, 4) is 5.75 Å². The second-order valence-corrected chi connectivity index (χ2v) is 6.26. The third-order valence-corrected chi connectivity index (χ3v) is 4.55. The molecule has 2 aromatic rings. The molecule has 23 heavy (non-hydrogen) atoms. The van der Waals surface area contributed by atoms with Crippen molar-refractivity contribution in [2.45, 2.75) is 25.3 Å². The van der Waals surface area contributed by atoms with Crippen molar-refractivity contribution in [1.82, 2.24) is 4.90 Å². The first kappa shape index (κ1) is 15.9. The van der Waals surface area contributed by atoms with Crippen molar-refractivity contribution in [3.05, 3.63) is 64.7 Å². The Hall–Kier alpha value is -2.00. The third kappa shape index (κ3) is 3.67. The number of methoxy groups -OCH3 is 1. The summed E-state index contributed by atoms with van der Waals surface area (Å²) in [7, 11) is 1.66. The average molecular weight is 330 g/mol. The van der Waals surface area contributed by atoms with Crippen LogP contribution in [0, 0.1) is 0 Å². The minimum absolute atomic E-state index is 0.158. The zero-order chi connectivity index (χ0) is 16.2. The SMILES string of the molecule is COc1ccc([C@@H]2CCCN2C(=O)Cc2cccc(Cl)c2)cc1. The minimum atomic E-state index is 0.158. The van der Waals surface area contributed by atoms with Gasteiger partial charge in [-0.2, -0.15) is 0 Å². The molecule has 0 N–H and O–H groups in total. The molecule has 3 nitrogen and oxygen atoms in total. The highest BCUT2D eigenvalue weighted by atomic mass is 35.5. The average Bonchev–Trinajstić information content (AvgIpc) is 3.05. The molecule has 1 aliphatic rings. The van der Waals surface area contributed by atoms with Gasteiger partial charge in [-0.05, 0) is 48.2 Å². The fraction of sp³-hybridized carbons (Fsp3) is 0.316. The van der Waals surface area contributed by atoms with E-state index < -0.39 is 0 Å². The van der Waals surface area contributed by atoms with Crippen LogP contribution < -0.4 is 4.74 Å². The number of carbonyl (C=O) groups excluding carboxylic acids is 1. The maximum atomic E-state index is 12.7. The van der Waals surface area contributed by atoms with E-state index in [2.05, 4.69) is 12.1 Å². The molecule has 0 aliphatic carbocycles. The normalized spacial score (nSPS) is 17.3. The van der Waals surface area contributed by atoms with Crippen molar-refractivity contribution < 1.29 is 9.53 Å². The van der Waals surface area contributed by atoms with E-state index in [1.807, 2.05) is 41.3 Å². The summed E-state index contributed by atoms with van der Waals surface area (Å²) in [5.41, 5.74) is 2.13. The first-order chi connectivity index (χ1) is 11.2. The van der Waals surface area contributed by atoms with Crippen molar-refractivity contribution in [1.29, 1.82) is 0 Å². The predicted molar refractivity (Wildman–Crippen MR) is 91.8 cm³/mol. The molecule has 4 heteroatoms. The lowest BCUT2D eigenvalue weighted by molar-refractivity contribution is -0.131. The van der Waals surface area contributed by atoms with Crippen molar-refractivity contribution in [2.75, 3.05) is 13.7 Å². The number of hydrogen-bond donors (Lipinski definition) is 0. The number of rotatable bonds is 4. The minimum Gasteiger partial charge on any atom is -0.497 e. The number of ether oxygens (including phenoxy) is 1. The quantitative estimate of drug-likeness (QED) is 0.839. The molecule has 1 aliphatic heterocycles. The van der Waals surface area contributed by atoms with Crippen LogP contribution in [0.2, 0.25) is 5.02 Å². The zero-order valence-electron chi connectivity index (χ0n) is 13.2. The van der Waals surface area contributed by atoms with E-state index in [0.29, 0.717) is 11.4 Å². The smallest absolute Gasteiger partial charge is 0.227 e. The zero-order valence-corrected chi connectivity index (χ0v) is 13.9. The number of amides is 1. The number of nitrogens with zero attached hydrogens (tertiary/aromatic N) is 1. The van der Waals surface area contributed by atoms with E-state index in [-0.39, 0.29) is 11.9 Å². The van der Waals surface area contributed by atoms with Gasteiger partial charge >= 0.3 is 0 Å². The summed E-state index contributed by atoms with van der Waals surface area (Å²) in [5, 5.41) is 0.670. The molecule has 0 spiro atoms. The molecule has 0 aromatic heterocycles. The number of likely N-dealkylation sites (tertiary alicyclic amines) is 1. The highest BCUT2D eigenvalue weighted by Gasteiger charge is 2.29. The summed E-state index contributed by atoms with van der Waals surface area (Å²) in [6.07, 6.45) is 2.44. The lowest BCUT2D eigenvalue weighted by Crippen LogP contribution is -2.31. The van der Waals surface area contributed by atoms with Crippen LogP contribution in [0.3, 0.4) is 0 Å². The number of halogens is 1. The van der Waals surface area contributed by atoms with Crippen LogP contribution in [0.15, 0.2) is 48.5 Å². The van der Waals surface area contributed by atoms with Gasteiger partial charge in [0.25, 0.3) is 0 Å². The van der Waals surface area contributed by atoms with Crippen molar-refractivity contribution >= 4 is 17.5 Å². The third-order valence-electron chi connectivity index (χ3n) is 4.32. The molecular weight excluding hydrogens is 310 g/mol. The van der Waals surface area contributed by atoms with Crippen LogP contribution >= 0.6 is 11.6 Å². The van der Waals surface area contributed by atoms with Crippen LogP contribution in [-0.2, 0) is 11.2 Å².